The van der Waals surface area contributed by atoms with Gasteiger partial charge in [-0.25, -0.2) is 0 Å². The smallest absolute Gasteiger partial charge is 0.224 e. The van der Waals surface area contributed by atoms with E-state index in [-0.39, 0.29) is 18.3 Å². The van der Waals surface area contributed by atoms with Crippen molar-refractivity contribution in [3.63, 3.8) is 0 Å². The topological polar surface area (TPSA) is 50.4 Å². The first-order chi connectivity index (χ1) is 8.28. The predicted octanol–water partition coefficient (Wildman–Crippen LogP) is 2.06. The van der Waals surface area contributed by atoms with Crippen LogP contribution in [0.2, 0.25) is 0 Å². The average molecular weight is 271 g/mol. The van der Waals surface area contributed by atoms with Crippen LogP contribution in [0, 0.1) is 5.92 Å². The molecule has 18 heavy (non-hydrogen) atoms. The first kappa shape index (κ1) is 14.8. The van der Waals surface area contributed by atoms with Crippen molar-refractivity contribution in [3.05, 3.63) is 24.3 Å². The van der Waals surface area contributed by atoms with Crippen molar-refractivity contribution < 1.29 is 9.53 Å². The SMILES string of the molecule is COc1ccc(NC(=O)CC2CCNC2)cc1.Cl. The molecule has 1 saturated heterocycles. The number of nitrogens with one attached hydrogen (secondary N) is 2. The molecule has 0 bridgehead atoms. The number of carbonyl (C=O) groups is 1. The van der Waals surface area contributed by atoms with Gasteiger partial charge in [0.1, 0.15) is 5.75 Å². The predicted molar refractivity (Wildman–Crippen MR) is 74.5 cm³/mol. The van der Waals surface area contributed by atoms with E-state index in [2.05, 4.69) is 10.6 Å². The molecule has 4 nitrogen and oxygen atoms in total. The van der Waals surface area contributed by atoms with Crippen molar-refractivity contribution in [1.82, 2.24) is 5.32 Å². The van der Waals surface area contributed by atoms with Gasteiger partial charge in [0.15, 0.2) is 0 Å². The molecule has 1 atom stereocenters. The molecule has 1 aromatic rings. The van der Waals surface area contributed by atoms with Crippen molar-refractivity contribution in [2.24, 2.45) is 5.92 Å². The van der Waals surface area contributed by atoms with Crippen LogP contribution < -0.4 is 15.4 Å². The van der Waals surface area contributed by atoms with Crippen LogP contribution in [0.4, 0.5) is 5.69 Å². The molecule has 0 aromatic heterocycles. The van der Waals surface area contributed by atoms with Gasteiger partial charge in [-0.05, 0) is 49.7 Å². The Morgan fingerprint density at radius 1 is 1.44 bits per heavy atom. The van der Waals surface area contributed by atoms with Crippen LogP contribution in [0.15, 0.2) is 24.3 Å². The van der Waals surface area contributed by atoms with E-state index >= 15 is 0 Å². The Bertz CT molecular complexity index is 375. The third-order valence-electron chi connectivity index (χ3n) is 3.01. The summed E-state index contributed by atoms with van der Waals surface area (Å²) in [5, 5.41) is 6.16. The van der Waals surface area contributed by atoms with E-state index in [1.165, 1.54) is 0 Å². The summed E-state index contributed by atoms with van der Waals surface area (Å²) < 4.78 is 5.06. The van der Waals surface area contributed by atoms with E-state index in [9.17, 15) is 4.79 Å². The van der Waals surface area contributed by atoms with Crippen molar-refractivity contribution in [2.45, 2.75) is 12.8 Å². The van der Waals surface area contributed by atoms with E-state index in [4.69, 9.17) is 4.74 Å². The van der Waals surface area contributed by atoms with Crippen molar-refractivity contribution in [3.8, 4) is 5.75 Å². The minimum atomic E-state index is 0. The molecule has 5 heteroatoms. The fourth-order valence-corrected chi connectivity index (χ4v) is 2.04. The number of amides is 1. The standard InChI is InChI=1S/C13H18N2O2.ClH/c1-17-12-4-2-11(3-5-12)15-13(16)8-10-6-7-14-9-10;/h2-5,10,14H,6-9H2,1H3,(H,15,16);1H. The molecule has 1 amide bonds. The molecule has 1 heterocycles. The van der Waals surface area contributed by atoms with Gasteiger partial charge in [0, 0.05) is 12.1 Å². The van der Waals surface area contributed by atoms with Crippen LogP contribution in [0.3, 0.4) is 0 Å². The maximum Gasteiger partial charge on any atom is 0.224 e. The molecule has 1 aliphatic heterocycles. The number of hydrogen-bond donors (Lipinski definition) is 2. The van der Waals surface area contributed by atoms with E-state index in [0.717, 1.165) is 30.9 Å². The molecule has 0 aliphatic carbocycles. The molecular formula is C13H19ClN2O2. The van der Waals surface area contributed by atoms with Gasteiger partial charge in [0.25, 0.3) is 0 Å². The fraction of sp³-hybridized carbons (Fsp3) is 0.462. The van der Waals surface area contributed by atoms with Crippen molar-refractivity contribution in [1.29, 1.82) is 0 Å². The van der Waals surface area contributed by atoms with Gasteiger partial charge >= 0.3 is 0 Å². The summed E-state index contributed by atoms with van der Waals surface area (Å²) in [5.74, 6) is 1.36. The molecule has 1 fully saturated rings. The summed E-state index contributed by atoms with van der Waals surface area (Å²) in [6.45, 7) is 1.98. The summed E-state index contributed by atoms with van der Waals surface area (Å²) in [7, 11) is 1.63. The Kier molecular flexibility index (Phi) is 5.95. The molecular weight excluding hydrogens is 252 g/mol. The van der Waals surface area contributed by atoms with Crippen LogP contribution in [0.5, 0.6) is 5.75 Å². The highest BCUT2D eigenvalue weighted by molar-refractivity contribution is 5.90. The minimum Gasteiger partial charge on any atom is -0.497 e. The second-order valence-electron chi connectivity index (χ2n) is 4.34. The molecule has 1 aromatic carbocycles. The monoisotopic (exact) mass is 270 g/mol. The molecule has 0 saturated carbocycles. The normalized spacial score (nSPS) is 17.9. The van der Waals surface area contributed by atoms with Crippen LogP contribution in [-0.4, -0.2) is 26.1 Å². The van der Waals surface area contributed by atoms with Crippen molar-refractivity contribution >= 4 is 24.0 Å². The Balaban J connectivity index is 0.00000162. The van der Waals surface area contributed by atoms with E-state index in [1.807, 2.05) is 24.3 Å². The molecule has 1 unspecified atom stereocenters. The number of ether oxygens (including phenoxy) is 1. The largest absolute Gasteiger partial charge is 0.497 e. The summed E-state index contributed by atoms with van der Waals surface area (Å²) in [6, 6.07) is 7.38. The number of anilines is 1. The van der Waals surface area contributed by atoms with Gasteiger partial charge in [-0.1, -0.05) is 0 Å². The summed E-state index contributed by atoms with van der Waals surface area (Å²) in [4.78, 5) is 11.8. The number of benzene rings is 1. The summed E-state index contributed by atoms with van der Waals surface area (Å²) >= 11 is 0. The van der Waals surface area contributed by atoms with Gasteiger partial charge in [-0.15, -0.1) is 12.4 Å². The number of rotatable bonds is 4. The molecule has 100 valence electrons. The van der Waals surface area contributed by atoms with Crippen LogP contribution in [-0.2, 0) is 4.79 Å². The second kappa shape index (κ2) is 7.24. The van der Waals surface area contributed by atoms with Gasteiger partial charge in [-0.2, -0.15) is 0 Å². The zero-order valence-corrected chi connectivity index (χ0v) is 11.3. The summed E-state index contributed by atoms with van der Waals surface area (Å²) in [5.41, 5.74) is 0.821. The van der Waals surface area contributed by atoms with Gasteiger partial charge in [-0.3, -0.25) is 4.79 Å². The highest BCUT2D eigenvalue weighted by Crippen LogP contribution is 2.17. The second-order valence-corrected chi connectivity index (χ2v) is 4.34. The third kappa shape index (κ3) is 4.20. The minimum absolute atomic E-state index is 0. The number of carbonyl (C=O) groups excluding carboxylic acids is 1. The molecule has 1 aliphatic rings. The highest BCUT2D eigenvalue weighted by atomic mass is 35.5. The van der Waals surface area contributed by atoms with E-state index in [0.29, 0.717) is 12.3 Å². The lowest BCUT2D eigenvalue weighted by molar-refractivity contribution is -0.116. The molecule has 2 N–H and O–H groups in total. The molecule has 0 spiro atoms. The van der Waals surface area contributed by atoms with Crippen LogP contribution in [0.25, 0.3) is 0 Å². The number of hydrogen-bond acceptors (Lipinski definition) is 3. The lowest BCUT2D eigenvalue weighted by Crippen LogP contribution is -2.18. The Hall–Kier alpha value is -1.26. The quantitative estimate of drug-likeness (QED) is 0.881. The first-order valence-corrected chi connectivity index (χ1v) is 5.92. The lowest BCUT2D eigenvalue weighted by Gasteiger charge is -2.09. The van der Waals surface area contributed by atoms with Crippen LogP contribution in [0.1, 0.15) is 12.8 Å². The summed E-state index contributed by atoms with van der Waals surface area (Å²) in [6.07, 6.45) is 1.69. The number of halogens is 1. The number of methoxy groups -OCH3 is 1. The average Bonchev–Trinajstić information content (AvgIpc) is 2.82. The lowest BCUT2D eigenvalue weighted by atomic mass is 10.0. The van der Waals surface area contributed by atoms with Gasteiger partial charge in [0.05, 0.1) is 7.11 Å². The zero-order chi connectivity index (χ0) is 12.1. The van der Waals surface area contributed by atoms with E-state index < -0.39 is 0 Å². The maximum atomic E-state index is 11.8. The Labute approximate surface area is 114 Å². The van der Waals surface area contributed by atoms with Crippen LogP contribution >= 0.6 is 12.4 Å². The highest BCUT2D eigenvalue weighted by Gasteiger charge is 2.17. The Morgan fingerprint density at radius 3 is 2.72 bits per heavy atom. The molecule has 0 radical (unpaired) electrons. The Morgan fingerprint density at radius 2 is 2.17 bits per heavy atom. The maximum absolute atomic E-state index is 11.8. The first-order valence-electron chi connectivity index (χ1n) is 5.92. The third-order valence-corrected chi connectivity index (χ3v) is 3.01. The molecule has 2 rings (SSSR count). The van der Waals surface area contributed by atoms with E-state index in [1.54, 1.807) is 7.11 Å². The zero-order valence-electron chi connectivity index (χ0n) is 10.4. The van der Waals surface area contributed by atoms with Gasteiger partial charge in [0.2, 0.25) is 5.91 Å². The van der Waals surface area contributed by atoms with Crippen molar-refractivity contribution in [2.75, 3.05) is 25.5 Å². The fourth-order valence-electron chi connectivity index (χ4n) is 2.04. The van der Waals surface area contributed by atoms with Gasteiger partial charge < -0.3 is 15.4 Å².